The number of carbonyl (C=O) groups is 1. The molecule has 0 radical (unpaired) electrons. The first kappa shape index (κ1) is 11.7. The lowest BCUT2D eigenvalue weighted by Crippen LogP contribution is -2.32. The summed E-state index contributed by atoms with van der Waals surface area (Å²) in [4.78, 5) is 14.4. The number of nitrogens with one attached hydrogen (secondary N) is 1. The van der Waals surface area contributed by atoms with E-state index >= 15 is 0 Å². The summed E-state index contributed by atoms with van der Waals surface area (Å²) in [6, 6.07) is 10.3. The van der Waals surface area contributed by atoms with Crippen molar-refractivity contribution in [1.82, 2.24) is 10.2 Å². The molecule has 1 saturated heterocycles. The lowest BCUT2D eigenvalue weighted by atomic mass is 10.1. The zero-order chi connectivity index (χ0) is 12.5. The lowest BCUT2D eigenvalue weighted by molar-refractivity contribution is -0.130. The van der Waals surface area contributed by atoms with Crippen LogP contribution in [0.1, 0.15) is 37.9 Å². The Morgan fingerprint density at radius 3 is 2.61 bits per heavy atom. The number of carbonyl (C=O) groups excluding carboxylic acids is 1. The minimum Gasteiger partial charge on any atom is -0.321 e. The molecule has 1 aliphatic carbocycles. The highest BCUT2D eigenvalue weighted by Gasteiger charge is 2.40. The van der Waals surface area contributed by atoms with Gasteiger partial charge in [0.25, 0.3) is 0 Å². The van der Waals surface area contributed by atoms with Crippen LogP contribution in [0.15, 0.2) is 30.3 Å². The highest BCUT2D eigenvalue weighted by molar-refractivity contribution is 5.84. The Bertz CT molecular complexity index is 427. The largest absolute Gasteiger partial charge is 0.321 e. The lowest BCUT2D eigenvalue weighted by Gasteiger charge is -2.24. The molecule has 1 N–H and O–H groups in total. The van der Waals surface area contributed by atoms with E-state index in [0.717, 1.165) is 18.9 Å². The summed E-state index contributed by atoms with van der Waals surface area (Å²) in [7, 11) is 0. The molecular weight excluding hydrogens is 224 g/mol. The number of rotatable bonds is 4. The Labute approximate surface area is 108 Å². The fraction of sp³-hybridized carbons (Fsp3) is 0.533. The van der Waals surface area contributed by atoms with E-state index in [2.05, 4.69) is 24.4 Å². The van der Waals surface area contributed by atoms with Gasteiger partial charge in [-0.3, -0.25) is 10.1 Å². The van der Waals surface area contributed by atoms with Crippen molar-refractivity contribution >= 4 is 5.91 Å². The van der Waals surface area contributed by atoms with Crippen molar-refractivity contribution in [3.05, 3.63) is 35.9 Å². The number of hydrogen-bond acceptors (Lipinski definition) is 2. The van der Waals surface area contributed by atoms with Gasteiger partial charge in [-0.1, -0.05) is 37.3 Å². The monoisotopic (exact) mass is 244 g/mol. The standard InChI is InChI=1S/C15H20N2O/c1-2-13-15(18)17(10-11-8-9-11)14(16-13)12-6-4-3-5-7-12/h3-7,11,13-14,16H,2,8-10H2,1H3. The molecule has 3 nitrogen and oxygen atoms in total. The molecule has 2 atom stereocenters. The molecule has 2 fully saturated rings. The molecule has 1 heterocycles. The molecule has 1 aromatic rings. The van der Waals surface area contributed by atoms with Gasteiger partial charge in [-0.05, 0) is 30.7 Å². The maximum Gasteiger partial charge on any atom is 0.241 e. The summed E-state index contributed by atoms with van der Waals surface area (Å²) in [5, 5.41) is 3.47. The second-order valence-corrected chi connectivity index (χ2v) is 5.37. The van der Waals surface area contributed by atoms with Gasteiger partial charge in [-0.2, -0.15) is 0 Å². The van der Waals surface area contributed by atoms with Crippen LogP contribution in [0.5, 0.6) is 0 Å². The summed E-state index contributed by atoms with van der Waals surface area (Å²) in [5.74, 6) is 1.01. The predicted octanol–water partition coefficient (Wildman–Crippen LogP) is 2.31. The second-order valence-electron chi connectivity index (χ2n) is 5.37. The molecule has 1 aliphatic heterocycles. The van der Waals surface area contributed by atoms with Gasteiger partial charge in [0.1, 0.15) is 6.17 Å². The fourth-order valence-corrected chi connectivity index (χ4v) is 2.66. The number of nitrogens with zero attached hydrogens (tertiary/aromatic N) is 1. The molecule has 3 rings (SSSR count). The molecule has 1 amide bonds. The first-order chi connectivity index (χ1) is 8.79. The Kier molecular flexibility index (Phi) is 3.08. The van der Waals surface area contributed by atoms with Crippen LogP contribution in [0.25, 0.3) is 0 Å². The summed E-state index contributed by atoms with van der Waals surface area (Å²) < 4.78 is 0. The van der Waals surface area contributed by atoms with E-state index in [4.69, 9.17) is 0 Å². The Hall–Kier alpha value is -1.35. The molecule has 1 saturated carbocycles. The third-order valence-electron chi connectivity index (χ3n) is 3.93. The molecule has 3 heteroatoms. The average Bonchev–Trinajstić information content (AvgIpc) is 3.17. The zero-order valence-corrected chi connectivity index (χ0v) is 10.8. The summed E-state index contributed by atoms with van der Waals surface area (Å²) in [6.07, 6.45) is 3.50. The van der Waals surface area contributed by atoms with Crippen molar-refractivity contribution in [2.45, 2.75) is 38.4 Å². The van der Waals surface area contributed by atoms with Gasteiger partial charge < -0.3 is 4.90 Å². The van der Waals surface area contributed by atoms with Crippen LogP contribution in [0.3, 0.4) is 0 Å². The number of amides is 1. The van der Waals surface area contributed by atoms with Crippen molar-refractivity contribution in [3.63, 3.8) is 0 Å². The maximum absolute atomic E-state index is 12.3. The highest BCUT2D eigenvalue weighted by Crippen LogP contribution is 2.34. The second kappa shape index (κ2) is 4.73. The van der Waals surface area contributed by atoms with Gasteiger partial charge in [0.2, 0.25) is 5.91 Å². The Morgan fingerprint density at radius 1 is 1.28 bits per heavy atom. The Morgan fingerprint density at radius 2 is 2.00 bits per heavy atom. The minimum absolute atomic E-state index is 0.00560. The predicted molar refractivity (Wildman–Crippen MR) is 70.8 cm³/mol. The molecule has 18 heavy (non-hydrogen) atoms. The average molecular weight is 244 g/mol. The van der Waals surface area contributed by atoms with Crippen LogP contribution in [-0.2, 0) is 4.79 Å². The zero-order valence-electron chi connectivity index (χ0n) is 10.8. The Balaban J connectivity index is 1.83. The van der Waals surface area contributed by atoms with E-state index in [9.17, 15) is 4.79 Å². The molecule has 2 aliphatic rings. The summed E-state index contributed by atoms with van der Waals surface area (Å²) in [6.45, 7) is 2.99. The molecule has 2 unspecified atom stereocenters. The molecule has 1 aromatic carbocycles. The summed E-state index contributed by atoms with van der Waals surface area (Å²) in [5.41, 5.74) is 1.20. The van der Waals surface area contributed by atoms with E-state index in [1.165, 1.54) is 18.4 Å². The maximum atomic E-state index is 12.3. The van der Waals surface area contributed by atoms with Gasteiger partial charge in [-0.25, -0.2) is 0 Å². The molecule has 0 spiro atoms. The fourth-order valence-electron chi connectivity index (χ4n) is 2.66. The first-order valence-electron chi connectivity index (χ1n) is 6.91. The van der Waals surface area contributed by atoms with Crippen LogP contribution >= 0.6 is 0 Å². The van der Waals surface area contributed by atoms with Crippen LogP contribution in [0.2, 0.25) is 0 Å². The smallest absolute Gasteiger partial charge is 0.241 e. The van der Waals surface area contributed by atoms with Crippen molar-refractivity contribution < 1.29 is 4.79 Å². The van der Waals surface area contributed by atoms with Gasteiger partial charge in [-0.15, -0.1) is 0 Å². The van der Waals surface area contributed by atoms with Crippen LogP contribution in [-0.4, -0.2) is 23.4 Å². The molecule has 96 valence electrons. The topological polar surface area (TPSA) is 32.3 Å². The van der Waals surface area contributed by atoms with E-state index in [-0.39, 0.29) is 18.1 Å². The van der Waals surface area contributed by atoms with E-state index in [1.54, 1.807) is 0 Å². The molecule has 0 aromatic heterocycles. The van der Waals surface area contributed by atoms with Crippen LogP contribution < -0.4 is 5.32 Å². The molecule has 0 bridgehead atoms. The minimum atomic E-state index is -0.00560. The van der Waals surface area contributed by atoms with Gasteiger partial charge >= 0.3 is 0 Å². The van der Waals surface area contributed by atoms with Crippen molar-refractivity contribution in [1.29, 1.82) is 0 Å². The number of hydrogen-bond donors (Lipinski definition) is 1. The van der Waals surface area contributed by atoms with E-state index < -0.39 is 0 Å². The van der Waals surface area contributed by atoms with Gasteiger partial charge in [0.05, 0.1) is 6.04 Å². The van der Waals surface area contributed by atoms with Crippen LogP contribution in [0, 0.1) is 5.92 Å². The van der Waals surface area contributed by atoms with Crippen LogP contribution in [0.4, 0.5) is 0 Å². The third-order valence-corrected chi connectivity index (χ3v) is 3.93. The SMILES string of the molecule is CCC1NC(c2ccccc2)N(CC2CC2)C1=O. The first-order valence-corrected chi connectivity index (χ1v) is 6.91. The quantitative estimate of drug-likeness (QED) is 0.881. The molecular formula is C15H20N2O. The van der Waals surface area contributed by atoms with Gasteiger partial charge in [0, 0.05) is 6.54 Å². The van der Waals surface area contributed by atoms with E-state index in [1.807, 2.05) is 23.1 Å². The van der Waals surface area contributed by atoms with Crippen molar-refractivity contribution in [3.8, 4) is 0 Å². The van der Waals surface area contributed by atoms with Gasteiger partial charge in [0.15, 0.2) is 0 Å². The van der Waals surface area contributed by atoms with E-state index in [0.29, 0.717) is 0 Å². The normalized spacial score (nSPS) is 27.8. The third kappa shape index (κ3) is 2.15. The number of benzene rings is 1. The van der Waals surface area contributed by atoms with Crippen molar-refractivity contribution in [2.24, 2.45) is 5.92 Å². The summed E-state index contributed by atoms with van der Waals surface area (Å²) >= 11 is 0. The highest BCUT2D eigenvalue weighted by atomic mass is 16.2. The van der Waals surface area contributed by atoms with Crippen molar-refractivity contribution in [2.75, 3.05) is 6.54 Å².